The van der Waals surface area contributed by atoms with Gasteiger partial charge in [0.2, 0.25) is 0 Å². The Morgan fingerprint density at radius 3 is 2.66 bits per heavy atom. The van der Waals surface area contributed by atoms with Gasteiger partial charge in [-0.2, -0.15) is 0 Å². The predicted octanol–water partition coefficient (Wildman–Crippen LogP) is 8.25. The number of fused-ring (bicyclic) bond motifs is 5. The third-order valence-corrected chi connectivity index (χ3v) is 9.10. The van der Waals surface area contributed by atoms with E-state index in [0.29, 0.717) is 16.0 Å². The van der Waals surface area contributed by atoms with Crippen molar-refractivity contribution in [3.8, 4) is 0 Å². The van der Waals surface area contributed by atoms with E-state index in [4.69, 9.17) is 38.2 Å². The molecule has 1 aliphatic rings. The highest BCUT2D eigenvalue weighted by molar-refractivity contribution is 7.99. The molecule has 0 N–H and O–H groups in total. The van der Waals surface area contributed by atoms with Crippen LogP contribution in [0.4, 0.5) is 0 Å². The fourth-order valence-corrected chi connectivity index (χ4v) is 7.58. The molecule has 3 nitrogen and oxygen atoms in total. The van der Waals surface area contributed by atoms with Gasteiger partial charge >= 0.3 is 0 Å². The molecule has 0 aliphatic heterocycles. The third kappa shape index (κ3) is 4.25. The minimum atomic E-state index is 0.595. The van der Waals surface area contributed by atoms with Crippen molar-refractivity contribution in [1.82, 2.24) is 15.0 Å². The zero-order chi connectivity index (χ0) is 22.4. The Balaban J connectivity index is 1.64. The number of hydrogen-bond donors (Lipinski definition) is 0. The molecule has 166 valence electrons. The molecule has 0 unspecified atom stereocenters. The third-order valence-electron chi connectivity index (χ3n) is 5.73. The number of rotatable bonds is 6. The Morgan fingerprint density at radius 2 is 1.91 bits per heavy atom. The highest BCUT2D eigenvalue weighted by Crippen LogP contribution is 2.43. The van der Waals surface area contributed by atoms with Gasteiger partial charge in [-0.1, -0.05) is 66.6 Å². The molecule has 1 aliphatic carbocycles. The van der Waals surface area contributed by atoms with Gasteiger partial charge in [0.1, 0.15) is 9.86 Å². The fraction of sp³-hybridized carbons (Fsp3) is 0.375. The average Bonchev–Trinajstić information content (AvgIpc) is 3.37. The number of hydrogen-bond acceptors (Lipinski definition) is 6. The lowest BCUT2D eigenvalue weighted by Crippen LogP contribution is -2.03. The van der Waals surface area contributed by atoms with Crippen molar-refractivity contribution in [2.45, 2.75) is 55.5 Å². The van der Waals surface area contributed by atoms with Gasteiger partial charge in [0.15, 0.2) is 5.16 Å². The van der Waals surface area contributed by atoms with Crippen molar-refractivity contribution in [3.05, 3.63) is 50.6 Å². The van der Waals surface area contributed by atoms with Crippen LogP contribution in [0.3, 0.4) is 0 Å². The van der Waals surface area contributed by atoms with E-state index >= 15 is 0 Å². The smallest absolute Gasteiger partial charge is 0.189 e. The van der Waals surface area contributed by atoms with E-state index in [0.717, 1.165) is 55.8 Å². The number of halogens is 2. The van der Waals surface area contributed by atoms with Crippen LogP contribution in [0.2, 0.25) is 10.0 Å². The molecule has 0 saturated carbocycles. The molecule has 0 saturated heterocycles. The molecule has 0 fully saturated rings. The van der Waals surface area contributed by atoms with Crippen molar-refractivity contribution in [1.29, 1.82) is 0 Å². The molecule has 0 amide bonds. The molecule has 1 aromatic carbocycles. The van der Waals surface area contributed by atoms with Crippen LogP contribution in [0.1, 0.15) is 42.7 Å². The van der Waals surface area contributed by atoms with Crippen LogP contribution < -0.4 is 0 Å². The molecule has 4 aromatic rings. The van der Waals surface area contributed by atoms with Gasteiger partial charge in [-0.25, -0.2) is 15.0 Å². The number of thioether (sulfide) groups is 2. The number of thiophene rings is 1. The van der Waals surface area contributed by atoms with Crippen molar-refractivity contribution >= 4 is 78.5 Å². The minimum absolute atomic E-state index is 0.595. The van der Waals surface area contributed by atoms with Gasteiger partial charge < -0.3 is 0 Å². The zero-order valence-corrected chi connectivity index (χ0v) is 22.1. The lowest BCUT2D eigenvalue weighted by atomic mass is 9.99. The number of nitrogens with zero attached hydrogens (tertiary/aromatic N) is 3. The summed E-state index contributed by atoms with van der Waals surface area (Å²) >= 11 is 17.5. The highest BCUT2D eigenvalue weighted by atomic mass is 35.5. The monoisotopic (exact) mass is 519 g/mol. The van der Waals surface area contributed by atoms with Crippen LogP contribution in [0.25, 0.3) is 20.4 Å². The van der Waals surface area contributed by atoms with Crippen molar-refractivity contribution in [2.24, 2.45) is 5.92 Å². The molecule has 5 rings (SSSR count). The molecule has 0 spiro atoms. The molecule has 8 heteroatoms. The number of pyridine rings is 1. The Bertz CT molecular complexity index is 1330. The summed E-state index contributed by atoms with van der Waals surface area (Å²) in [5, 5.41) is 4.41. The first-order chi connectivity index (χ1) is 15.4. The maximum Gasteiger partial charge on any atom is 0.189 e. The molecule has 32 heavy (non-hydrogen) atoms. The first-order valence-electron chi connectivity index (χ1n) is 10.7. The average molecular weight is 521 g/mol. The Morgan fingerprint density at radius 1 is 1.09 bits per heavy atom. The summed E-state index contributed by atoms with van der Waals surface area (Å²) in [5.41, 5.74) is 6.34. The SMILES string of the molecule is CSc1nc(SCc2ccc(Cl)cc2Cl)c2sc3nc(CC(C)C)c4c(c3c2n1)CCC4. The summed E-state index contributed by atoms with van der Waals surface area (Å²) in [6.07, 6.45) is 6.52. The number of aromatic nitrogens is 3. The van der Waals surface area contributed by atoms with E-state index in [1.807, 2.05) is 18.4 Å². The second-order valence-corrected chi connectivity index (χ2v) is 12.0. The number of aryl methyl sites for hydroxylation is 1. The summed E-state index contributed by atoms with van der Waals surface area (Å²) in [6, 6.07) is 5.67. The van der Waals surface area contributed by atoms with Gasteiger partial charge in [-0.05, 0) is 66.7 Å². The Kier molecular flexibility index (Phi) is 6.61. The highest BCUT2D eigenvalue weighted by Gasteiger charge is 2.25. The molecule has 0 radical (unpaired) electrons. The van der Waals surface area contributed by atoms with Crippen LogP contribution in [-0.2, 0) is 25.0 Å². The van der Waals surface area contributed by atoms with Crippen LogP contribution in [0, 0.1) is 5.92 Å². The standard InChI is InChI=1S/C24H23Cl2N3S3/c1-12(2)9-18-15-5-4-6-16(15)19-20-21(32-22(19)27-18)23(29-24(28-20)30-3)31-11-13-7-8-14(25)10-17(13)26/h7-8,10,12H,4-6,9,11H2,1-3H3. The molecule has 3 heterocycles. The van der Waals surface area contributed by atoms with Gasteiger partial charge in [0, 0.05) is 26.9 Å². The molecule has 3 aromatic heterocycles. The summed E-state index contributed by atoms with van der Waals surface area (Å²) in [6.45, 7) is 4.54. The van der Waals surface area contributed by atoms with E-state index in [1.54, 1.807) is 40.9 Å². The van der Waals surface area contributed by atoms with Gasteiger partial charge in [-0.3, -0.25) is 0 Å². The molecular formula is C24H23Cl2N3S3. The van der Waals surface area contributed by atoms with Gasteiger partial charge in [0.05, 0.1) is 10.2 Å². The molecule has 0 atom stereocenters. The molecular weight excluding hydrogens is 497 g/mol. The second kappa shape index (κ2) is 9.30. The summed E-state index contributed by atoms with van der Waals surface area (Å²) in [5.74, 6) is 1.33. The van der Waals surface area contributed by atoms with Crippen LogP contribution in [0.15, 0.2) is 28.4 Å². The van der Waals surface area contributed by atoms with Crippen LogP contribution >= 0.6 is 58.1 Å². The van der Waals surface area contributed by atoms with E-state index in [9.17, 15) is 0 Å². The van der Waals surface area contributed by atoms with E-state index in [2.05, 4.69) is 13.8 Å². The van der Waals surface area contributed by atoms with E-state index in [1.165, 1.54) is 28.6 Å². The Labute approximate surface area is 210 Å². The summed E-state index contributed by atoms with van der Waals surface area (Å²) < 4.78 is 1.14. The summed E-state index contributed by atoms with van der Waals surface area (Å²) in [7, 11) is 0. The fourth-order valence-electron chi connectivity index (χ4n) is 4.33. The molecule has 0 bridgehead atoms. The second-order valence-electron chi connectivity index (χ2n) is 8.47. The van der Waals surface area contributed by atoms with Crippen molar-refractivity contribution in [3.63, 3.8) is 0 Å². The first kappa shape index (κ1) is 22.7. The Hall–Kier alpha value is -1.05. The van der Waals surface area contributed by atoms with Gasteiger partial charge in [0.25, 0.3) is 0 Å². The topological polar surface area (TPSA) is 38.7 Å². The van der Waals surface area contributed by atoms with Crippen LogP contribution in [-0.4, -0.2) is 21.2 Å². The normalized spacial score (nSPS) is 13.6. The zero-order valence-electron chi connectivity index (χ0n) is 18.2. The lowest BCUT2D eigenvalue weighted by molar-refractivity contribution is 0.632. The predicted molar refractivity (Wildman–Crippen MR) is 141 cm³/mol. The van der Waals surface area contributed by atoms with E-state index < -0.39 is 0 Å². The quantitative estimate of drug-likeness (QED) is 0.145. The van der Waals surface area contributed by atoms with Crippen molar-refractivity contribution < 1.29 is 0 Å². The minimum Gasteiger partial charge on any atom is -0.242 e. The van der Waals surface area contributed by atoms with E-state index in [-0.39, 0.29) is 0 Å². The summed E-state index contributed by atoms with van der Waals surface area (Å²) in [4.78, 5) is 16.1. The van der Waals surface area contributed by atoms with Gasteiger partial charge in [-0.15, -0.1) is 11.3 Å². The van der Waals surface area contributed by atoms with Crippen molar-refractivity contribution in [2.75, 3.05) is 6.26 Å². The number of benzene rings is 1. The lowest BCUT2D eigenvalue weighted by Gasteiger charge is -2.11. The first-order valence-corrected chi connectivity index (χ1v) is 14.5. The maximum atomic E-state index is 6.42. The maximum absolute atomic E-state index is 6.42. The van der Waals surface area contributed by atoms with Crippen LogP contribution in [0.5, 0.6) is 0 Å². The largest absolute Gasteiger partial charge is 0.242 e.